The molecule has 18 heavy (non-hydrogen) atoms. The molecule has 94 valence electrons. The monoisotopic (exact) mass is 254 g/mol. The fourth-order valence-electron chi connectivity index (χ4n) is 1.75. The third-order valence-corrected chi connectivity index (χ3v) is 2.71. The average molecular weight is 254 g/mol. The van der Waals surface area contributed by atoms with Crippen LogP contribution >= 0.6 is 0 Å². The van der Waals surface area contributed by atoms with Crippen LogP contribution in [0.3, 0.4) is 0 Å². The molecule has 2 rings (SSSR count). The van der Waals surface area contributed by atoms with Gasteiger partial charge in [-0.15, -0.1) is 12.3 Å². The Morgan fingerprint density at radius 2 is 2.17 bits per heavy atom. The molecule has 0 aromatic carbocycles. The molecule has 0 N–H and O–H groups in total. The number of rotatable bonds is 1. The summed E-state index contributed by atoms with van der Waals surface area (Å²) < 4.78 is 37.0. The van der Waals surface area contributed by atoms with E-state index in [4.69, 9.17) is 6.42 Å². The van der Waals surface area contributed by atoms with Crippen molar-refractivity contribution in [1.29, 1.82) is 0 Å². The summed E-state index contributed by atoms with van der Waals surface area (Å²) in [5.41, 5.74) is -0.841. The summed E-state index contributed by atoms with van der Waals surface area (Å²) in [5.74, 6) is 2.23. The number of hydrogen-bond acceptors (Lipinski definition) is 2. The lowest BCUT2D eigenvalue weighted by molar-refractivity contribution is -0.137. The van der Waals surface area contributed by atoms with Crippen LogP contribution in [0, 0.1) is 18.3 Å². The minimum Gasteiger partial charge on any atom is -0.296 e. The van der Waals surface area contributed by atoms with Gasteiger partial charge in [0.2, 0.25) is 5.91 Å². The minimum absolute atomic E-state index is 0.200. The number of aromatic nitrogens is 1. The fraction of sp³-hybridized carbons (Fsp3) is 0.333. The summed E-state index contributed by atoms with van der Waals surface area (Å²) in [6, 6.07) is 2.08. The molecule has 1 aromatic rings. The van der Waals surface area contributed by atoms with Gasteiger partial charge < -0.3 is 0 Å². The summed E-state index contributed by atoms with van der Waals surface area (Å²) in [6.07, 6.45) is 1.71. The Morgan fingerprint density at radius 1 is 1.44 bits per heavy atom. The third-order valence-electron chi connectivity index (χ3n) is 2.71. The van der Waals surface area contributed by atoms with E-state index in [1.165, 1.54) is 11.0 Å². The lowest BCUT2D eigenvalue weighted by Gasteiger charge is -2.15. The van der Waals surface area contributed by atoms with Gasteiger partial charge in [-0.25, -0.2) is 4.98 Å². The van der Waals surface area contributed by atoms with Gasteiger partial charge in [-0.05, 0) is 12.1 Å². The Morgan fingerprint density at radius 3 is 2.61 bits per heavy atom. The molecular weight excluding hydrogens is 245 g/mol. The van der Waals surface area contributed by atoms with Crippen LogP contribution in [0.25, 0.3) is 0 Å². The number of anilines is 1. The first-order valence-electron chi connectivity index (χ1n) is 5.21. The summed E-state index contributed by atoms with van der Waals surface area (Å²) in [5, 5.41) is 0. The van der Waals surface area contributed by atoms with Crippen molar-refractivity contribution in [2.24, 2.45) is 5.92 Å². The number of carbonyl (C=O) groups is 1. The van der Waals surface area contributed by atoms with Gasteiger partial charge in [-0.2, -0.15) is 13.2 Å². The molecular formula is C12H9F3N2O. The van der Waals surface area contributed by atoms with Gasteiger partial charge in [0.25, 0.3) is 0 Å². The smallest absolute Gasteiger partial charge is 0.296 e. The van der Waals surface area contributed by atoms with E-state index in [1.807, 2.05) is 0 Å². The van der Waals surface area contributed by atoms with E-state index < -0.39 is 11.7 Å². The second-order valence-corrected chi connectivity index (χ2v) is 3.97. The maximum absolute atomic E-state index is 12.3. The highest BCUT2D eigenvalue weighted by Crippen LogP contribution is 2.30. The van der Waals surface area contributed by atoms with Gasteiger partial charge in [0.05, 0.1) is 5.56 Å². The fourth-order valence-corrected chi connectivity index (χ4v) is 1.75. The minimum atomic E-state index is -4.43. The molecule has 1 atom stereocenters. The molecule has 0 radical (unpaired) electrons. The Hall–Kier alpha value is -2.03. The standard InChI is InChI=1S/C12H9F3N2O/c1-2-8-5-11(18)17(7-8)10-4-3-9(6-16-10)12(13,14)15/h1,3-4,6,8H,5,7H2. The van der Waals surface area contributed by atoms with Gasteiger partial charge in [-0.3, -0.25) is 9.69 Å². The van der Waals surface area contributed by atoms with Crippen molar-refractivity contribution in [1.82, 2.24) is 4.98 Å². The highest BCUT2D eigenvalue weighted by molar-refractivity contribution is 5.95. The lowest BCUT2D eigenvalue weighted by atomic mass is 10.1. The van der Waals surface area contributed by atoms with Crippen molar-refractivity contribution >= 4 is 11.7 Å². The second kappa shape index (κ2) is 4.33. The highest BCUT2D eigenvalue weighted by Gasteiger charge is 2.33. The normalized spacial score (nSPS) is 20.0. The molecule has 0 aliphatic carbocycles. The topological polar surface area (TPSA) is 33.2 Å². The van der Waals surface area contributed by atoms with E-state index in [0.29, 0.717) is 12.7 Å². The van der Waals surface area contributed by atoms with Crippen LogP contribution in [0.1, 0.15) is 12.0 Å². The third kappa shape index (κ3) is 2.30. The number of nitrogens with zero attached hydrogens (tertiary/aromatic N) is 2. The molecule has 1 saturated heterocycles. The van der Waals surface area contributed by atoms with Gasteiger partial charge in [-0.1, -0.05) is 0 Å². The molecule has 1 fully saturated rings. The molecule has 1 aliphatic heterocycles. The van der Waals surface area contributed by atoms with Gasteiger partial charge >= 0.3 is 6.18 Å². The van der Waals surface area contributed by atoms with Crippen molar-refractivity contribution in [3.8, 4) is 12.3 Å². The zero-order chi connectivity index (χ0) is 13.3. The number of terminal acetylenes is 1. The van der Waals surface area contributed by atoms with Crippen LogP contribution < -0.4 is 4.90 Å². The molecule has 1 aromatic heterocycles. The summed E-state index contributed by atoms with van der Waals surface area (Å²) in [6.45, 7) is 0.299. The first-order chi connectivity index (χ1) is 8.41. The van der Waals surface area contributed by atoms with E-state index >= 15 is 0 Å². The number of carbonyl (C=O) groups excluding carboxylic acids is 1. The first kappa shape index (κ1) is 12.4. The number of amides is 1. The first-order valence-corrected chi connectivity index (χ1v) is 5.21. The van der Waals surface area contributed by atoms with Crippen molar-refractivity contribution in [3.05, 3.63) is 23.9 Å². The molecule has 6 heteroatoms. The Balaban J connectivity index is 2.21. The molecule has 0 spiro atoms. The molecule has 1 unspecified atom stereocenters. The van der Waals surface area contributed by atoms with Gasteiger partial charge in [0.15, 0.2) is 0 Å². The SMILES string of the molecule is C#CC1CC(=O)N(c2ccc(C(F)(F)F)cn2)C1. The van der Waals surface area contributed by atoms with E-state index in [9.17, 15) is 18.0 Å². The molecule has 0 saturated carbocycles. The zero-order valence-electron chi connectivity index (χ0n) is 9.24. The largest absolute Gasteiger partial charge is 0.417 e. The number of pyridine rings is 1. The van der Waals surface area contributed by atoms with Crippen molar-refractivity contribution in [3.63, 3.8) is 0 Å². The van der Waals surface area contributed by atoms with Crippen LogP contribution in [-0.2, 0) is 11.0 Å². The van der Waals surface area contributed by atoms with Crippen LogP contribution in [0.15, 0.2) is 18.3 Å². The number of halogens is 3. The van der Waals surface area contributed by atoms with Crippen molar-refractivity contribution in [2.45, 2.75) is 12.6 Å². The number of alkyl halides is 3. The Labute approximate surface area is 102 Å². The second-order valence-electron chi connectivity index (χ2n) is 3.97. The highest BCUT2D eigenvalue weighted by atomic mass is 19.4. The van der Waals surface area contributed by atoms with E-state index in [2.05, 4.69) is 10.9 Å². The summed E-state index contributed by atoms with van der Waals surface area (Å²) in [7, 11) is 0. The molecule has 1 amide bonds. The Kier molecular flexibility index (Phi) is 2.99. The van der Waals surface area contributed by atoms with E-state index in [0.717, 1.165) is 6.07 Å². The van der Waals surface area contributed by atoms with Crippen LogP contribution in [0.2, 0.25) is 0 Å². The van der Waals surface area contributed by atoms with Crippen LogP contribution in [0.4, 0.5) is 19.0 Å². The lowest BCUT2D eigenvalue weighted by Crippen LogP contribution is -2.25. The van der Waals surface area contributed by atoms with Gasteiger partial charge in [0.1, 0.15) is 5.82 Å². The average Bonchev–Trinajstić information content (AvgIpc) is 2.70. The molecule has 3 nitrogen and oxygen atoms in total. The van der Waals surface area contributed by atoms with Crippen molar-refractivity contribution in [2.75, 3.05) is 11.4 Å². The number of hydrogen-bond donors (Lipinski definition) is 0. The van der Waals surface area contributed by atoms with Crippen LogP contribution in [0.5, 0.6) is 0 Å². The predicted octanol–water partition coefficient (Wildman–Crippen LogP) is 2.09. The van der Waals surface area contributed by atoms with Crippen LogP contribution in [-0.4, -0.2) is 17.4 Å². The molecule has 1 aliphatic rings. The summed E-state index contributed by atoms with van der Waals surface area (Å²) >= 11 is 0. The zero-order valence-corrected chi connectivity index (χ0v) is 9.24. The molecule has 0 bridgehead atoms. The quantitative estimate of drug-likeness (QED) is 0.719. The maximum Gasteiger partial charge on any atom is 0.417 e. The Bertz CT molecular complexity index is 502. The molecule has 2 heterocycles. The van der Waals surface area contributed by atoms with E-state index in [1.54, 1.807) is 0 Å². The van der Waals surface area contributed by atoms with E-state index in [-0.39, 0.29) is 24.1 Å². The van der Waals surface area contributed by atoms with Crippen molar-refractivity contribution < 1.29 is 18.0 Å². The summed E-state index contributed by atoms with van der Waals surface area (Å²) in [4.78, 5) is 16.6. The maximum atomic E-state index is 12.3. The predicted molar refractivity (Wildman–Crippen MR) is 58.5 cm³/mol. The van der Waals surface area contributed by atoms with Gasteiger partial charge in [0, 0.05) is 25.1 Å².